The summed E-state index contributed by atoms with van der Waals surface area (Å²) in [6.07, 6.45) is 4.81. The van der Waals surface area contributed by atoms with Crippen LogP contribution in [0.1, 0.15) is 23.2 Å². The van der Waals surface area contributed by atoms with Crippen molar-refractivity contribution in [3.05, 3.63) is 34.8 Å². The largest absolute Gasteiger partial charge is 0.336 e. The van der Waals surface area contributed by atoms with Crippen LogP contribution in [0.5, 0.6) is 0 Å². The second-order valence-corrected chi connectivity index (χ2v) is 5.52. The van der Waals surface area contributed by atoms with Gasteiger partial charge in [-0.2, -0.15) is 0 Å². The van der Waals surface area contributed by atoms with Crippen LogP contribution in [-0.2, 0) is 13.0 Å². The molecule has 0 N–H and O–H groups in total. The van der Waals surface area contributed by atoms with Gasteiger partial charge in [0.1, 0.15) is 11.5 Å². The normalized spacial score (nSPS) is 15.5. The minimum atomic E-state index is 0.0545. The summed E-state index contributed by atoms with van der Waals surface area (Å²) in [6, 6.07) is 0. The lowest BCUT2D eigenvalue weighted by Gasteiger charge is -2.39. The van der Waals surface area contributed by atoms with E-state index in [0.29, 0.717) is 11.6 Å². The Morgan fingerprint density at radius 1 is 1.47 bits per heavy atom. The molecule has 1 amide bonds. The molecule has 0 aliphatic carbocycles. The molecule has 19 heavy (non-hydrogen) atoms. The number of carbonyl (C=O) groups is 1. The maximum absolute atomic E-state index is 12.0. The molecule has 0 aromatic carbocycles. The third-order valence-corrected chi connectivity index (χ3v) is 4.06. The van der Waals surface area contributed by atoms with Crippen LogP contribution < -0.4 is 0 Å². The first kappa shape index (κ1) is 12.3. The zero-order valence-corrected chi connectivity index (χ0v) is 11.6. The molecule has 0 unspecified atom stereocenters. The Bertz CT molecular complexity index is 557. The van der Waals surface area contributed by atoms with E-state index in [9.17, 15) is 4.79 Å². The summed E-state index contributed by atoms with van der Waals surface area (Å²) in [5.41, 5.74) is 2.27. The van der Waals surface area contributed by atoms with Crippen LogP contribution in [0.2, 0.25) is 0 Å². The molecule has 2 aromatic heterocycles. The lowest BCUT2D eigenvalue weighted by atomic mass is 9.99. The highest BCUT2D eigenvalue weighted by atomic mass is 32.1. The molecule has 1 saturated heterocycles. The van der Waals surface area contributed by atoms with E-state index >= 15 is 0 Å². The minimum Gasteiger partial charge on any atom is -0.336 e. The summed E-state index contributed by atoms with van der Waals surface area (Å²) in [6.45, 7) is 4.69. The quantitative estimate of drug-likeness (QED) is 0.853. The van der Waals surface area contributed by atoms with Gasteiger partial charge < -0.3 is 9.47 Å². The molecular formula is C13H16N4OS. The highest BCUT2D eigenvalue weighted by Crippen LogP contribution is 2.21. The second-order valence-electron chi connectivity index (χ2n) is 4.80. The van der Waals surface area contributed by atoms with Gasteiger partial charge in [-0.15, -0.1) is 11.3 Å². The molecule has 0 atom stereocenters. The summed E-state index contributed by atoms with van der Waals surface area (Å²) in [4.78, 5) is 22.2. The van der Waals surface area contributed by atoms with Crippen molar-refractivity contribution in [3.63, 3.8) is 0 Å². The molecule has 100 valence electrons. The third kappa shape index (κ3) is 2.40. The SMILES string of the molecule is CCc1nccn1CC1CN(C(=O)c2cscn2)C1. The zero-order valence-electron chi connectivity index (χ0n) is 10.8. The number of aryl methyl sites for hydroxylation is 1. The van der Waals surface area contributed by atoms with Crippen LogP contribution in [0.15, 0.2) is 23.3 Å². The van der Waals surface area contributed by atoms with Crippen LogP contribution in [0, 0.1) is 5.92 Å². The number of nitrogens with zero attached hydrogens (tertiary/aromatic N) is 4. The zero-order chi connectivity index (χ0) is 13.2. The molecule has 0 spiro atoms. The Morgan fingerprint density at radius 2 is 2.32 bits per heavy atom. The Hall–Kier alpha value is -1.69. The topological polar surface area (TPSA) is 51.0 Å². The Kier molecular flexibility index (Phi) is 3.33. The van der Waals surface area contributed by atoms with E-state index < -0.39 is 0 Å². The van der Waals surface area contributed by atoms with E-state index in [1.54, 1.807) is 10.9 Å². The van der Waals surface area contributed by atoms with Gasteiger partial charge in [0, 0.05) is 49.7 Å². The highest BCUT2D eigenvalue weighted by molar-refractivity contribution is 7.07. The van der Waals surface area contributed by atoms with Gasteiger partial charge >= 0.3 is 0 Å². The molecular weight excluding hydrogens is 260 g/mol. The molecule has 6 heteroatoms. The summed E-state index contributed by atoms with van der Waals surface area (Å²) >= 11 is 1.46. The lowest BCUT2D eigenvalue weighted by Crippen LogP contribution is -2.51. The fourth-order valence-corrected chi connectivity index (χ4v) is 2.96. The number of hydrogen-bond acceptors (Lipinski definition) is 4. The van der Waals surface area contributed by atoms with Crippen molar-refractivity contribution in [2.24, 2.45) is 5.92 Å². The molecule has 0 saturated carbocycles. The van der Waals surface area contributed by atoms with Gasteiger partial charge in [0.05, 0.1) is 5.51 Å². The van der Waals surface area contributed by atoms with Crippen LogP contribution in [0.3, 0.4) is 0 Å². The first-order valence-electron chi connectivity index (χ1n) is 6.45. The molecule has 5 nitrogen and oxygen atoms in total. The minimum absolute atomic E-state index is 0.0545. The summed E-state index contributed by atoms with van der Waals surface area (Å²) in [5.74, 6) is 1.70. The van der Waals surface area contributed by atoms with Gasteiger partial charge in [-0.05, 0) is 0 Å². The van der Waals surface area contributed by atoms with E-state index in [1.807, 2.05) is 17.3 Å². The smallest absolute Gasteiger partial charge is 0.273 e. The summed E-state index contributed by atoms with van der Waals surface area (Å²) < 4.78 is 2.19. The van der Waals surface area contributed by atoms with Crippen LogP contribution in [0.4, 0.5) is 0 Å². The van der Waals surface area contributed by atoms with Crippen molar-refractivity contribution < 1.29 is 4.79 Å². The number of likely N-dealkylation sites (tertiary alicyclic amines) is 1. The van der Waals surface area contributed by atoms with Crippen LogP contribution in [-0.4, -0.2) is 38.4 Å². The lowest BCUT2D eigenvalue weighted by molar-refractivity contribution is 0.0462. The van der Waals surface area contributed by atoms with E-state index in [2.05, 4.69) is 21.5 Å². The van der Waals surface area contributed by atoms with E-state index in [1.165, 1.54) is 11.3 Å². The number of rotatable bonds is 4. The molecule has 0 bridgehead atoms. The average Bonchev–Trinajstić information content (AvgIpc) is 3.02. The van der Waals surface area contributed by atoms with Crippen molar-refractivity contribution in [1.29, 1.82) is 0 Å². The second kappa shape index (κ2) is 5.13. The Morgan fingerprint density at radius 3 is 3.00 bits per heavy atom. The molecule has 0 radical (unpaired) electrons. The molecule has 2 aromatic rings. The van der Waals surface area contributed by atoms with Crippen molar-refractivity contribution in [1.82, 2.24) is 19.4 Å². The van der Waals surface area contributed by atoms with Crippen LogP contribution in [0.25, 0.3) is 0 Å². The summed E-state index contributed by atoms with van der Waals surface area (Å²) in [7, 11) is 0. The first-order valence-corrected chi connectivity index (χ1v) is 7.39. The van der Waals surface area contributed by atoms with Gasteiger partial charge in [-0.3, -0.25) is 4.79 Å². The first-order chi connectivity index (χ1) is 9.28. The van der Waals surface area contributed by atoms with Gasteiger partial charge in [-0.25, -0.2) is 9.97 Å². The standard InChI is InChI=1S/C13H16N4OS/c1-2-12-14-3-4-16(12)5-10-6-17(7-10)13(18)11-8-19-9-15-11/h3-4,8-10H,2,5-7H2,1H3. The van der Waals surface area contributed by atoms with Crippen molar-refractivity contribution in [2.45, 2.75) is 19.9 Å². The highest BCUT2D eigenvalue weighted by Gasteiger charge is 2.32. The van der Waals surface area contributed by atoms with Gasteiger partial charge in [-0.1, -0.05) is 6.92 Å². The third-order valence-electron chi connectivity index (χ3n) is 3.47. The van der Waals surface area contributed by atoms with E-state index in [0.717, 1.165) is 31.9 Å². The molecule has 1 aliphatic heterocycles. The fraction of sp³-hybridized carbons (Fsp3) is 0.462. The molecule has 3 heterocycles. The summed E-state index contributed by atoms with van der Waals surface area (Å²) in [5, 5.41) is 1.81. The van der Waals surface area contributed by atoms with Crippen molar-refractivity contribution in [3.8, 4) is 0 Å². The van der Waals surface area contributed by atoms with Crippen molar-refractivity contribution in [2.75, 3.05) is 13.1 Å². The average molecular weight is 276 g/mol. The number of hydrogen-bond donors (Lipinski definition) is 0. The predicted octanol–water partition coefficient (Wildman–Crippen LogP) is 1.67. The Labute approximate surface area is 115 Å². The number of amides is 1. The fourth-order valence-electron chi connectivity index (χ4n) is 2.43. The number of aromatic nitrogens is 3. The molecule has 1 fully saturated rings. The van der Waals surface area contributed by atoms with Gasteiger partial charge in [0.25, 0.3) is 5.91 Å². The molecule has 3 rings (SSSR count). The maximum Gasteiger partial charge on any atom is 0.273 e. The van der Waals surface area contributed by atoms with E-state index in [4.69, 9.17) is 0 Å². The number of imidazole rings is 1. The predicted molar refractivity (Wildman–Crippen MR) is 73.1 cm³/mol. The molecule has 1 aliphatic rings. The maximum atomic E-state index is 12.0. The van der Waals surface area contributed by atoms with Crippen LogP contribution >= 0.6 is 11.3 Å². The Balaban J connectivity index is 1.54. The monoisotopic (exact) mass is 276 g/mol. The number of thiazole rings is 1. The van der Waals surface area contributed by atoms with E-state index in [-0.39, 0.29) is 5.91 Å². The van der Waals surface area contributed by atoms with Gasteiger partial charge in [0.2, 0.25) is 0 Å². The van der Waals surface area contributed by atoms with Gasteiger partial charge in [0.15, 0.2) is 0 Å². The number of carbonyl (C=O) groups excluding carboxylic acids is 1. The van der Waals surface area contributed by atoms with Crippen molar-refractivity contribution >= 4 is 17.2 Å².